The summed E-state index contributed by atoms with van der Waals surface area (Å²) in [5.41, 5.74) is 6.50. The molecule has 1 aromatic carbocycles. The Morgan fingerprint density at radius 3 is 2.67 bits per heavy atom. The standard InChI is InChI=1S/C18H27N3O3/c1-3-24-16-8-6-14(7-9-16)11-20(2)13-17(22)21-10-4-5-15(12-21)18(19)23/h6-9,15H,3-5,10-13H2,1-2H3,(H2,19,23). The molecule has 1 atom stereocenters. The van der Waals surface area contributed by atoms with Gasteiger partial charge in [0, 0.05) is 19.6 Å². The van der Waals surface area contributed by atoms with Gasteiger partial charge in [-0.3, -0.25) is 14.5 Å². The van der Waals surface area contributed by atoms with E-state index in [9.17, 15) is 9.59 Å². The van der Waals surface area contributed by atoms with Gasteiger partial charge in [0.25, 0.3) is 0 Å². The number of likely N-dealkylation sites (N-methyl/N-ethyl adjacent to an activating group) is 1. The summed E-state index contributed by atoms with van der Waals surface area (Å²) in [6.07, 6.45) is 1.61. The largest absolute Gasteiger partial charge is 0.494 e. The lowest BCUT2D eigenvalue weighted by atomic mass is 9.97. The van der Waals surface area contributed by atoms with Crippen LogP contribution in [-0.2, 0) is 16.1 Å². The first-order chi connectivity index (χ1) is 11.5. The molecule has 1 aromatic rings. The van der Waals surface area contributed by atoms with Gasteiger partial charge in [-0.15, -0.1) is 0 Å². The minimum atomic E-state index is -0.310. The van der Waals surface area contributed by atoms with E-state index in [2.05, 4.69) is 0 Å². The molecule has 6 nitrogen and oxygen atoms in total. The Kier molecular flexibility index (Phi) is 6.61. The van der Waals surface area contributed by atoms with Gasteiger partial charge in [-0.1, -0.05) is 12.1 Å². The highest BCUT2D eigenvalue weighted by molar-refractivity contribution is 5.81. The second-order valence-electron chi connectivity index (χ2n) is 6.33. The molecule has 0 radical (unpaired) electrons. The van der Waals surface area contributed by atoms with Crippen molar-refractivity contribution in [2.45, 2.75) is 26.3 Å². The lowest BCUT2D eigenvalue weighted by Crippen LogP contribution is -2.47. The third-order valence-electron chi connectivity index (χ3n) is 4.27. The van der Waals surface area contributed by atoms with Crippen molar-refractivity contribution in [3.63, 3.8) is 0 Å². The van der Waals surface area contributed by atoms with E-state index in [0.717, 1.165) is 24.2 Å². The summed E-state index contributed by atoms with van der Waals surface area (Å²) in [6, 6.07) is 7.90. The van der Waals surface area contributed by atoms with Crippen molar-refractivity contribution in [3.8, 4) is 5.75 Å². The van der Waals surface area contributed by atoms with Crippen LogP contribution in [0.3, 0.4) is 0 Å². The van der Waals surface area contributed by atoms with Crippen molar-refractivity contribution in [1.29, 1.82) is 0 Å². The van der Waals surface area contributed by atoms with Gasteiger partial charge in [-0.25, -0.2) is 0 Å². The molecule has 0 aliphatic carbocycles. The summed E-state index contributed by atoms with van der Waals surface area (Å²) in [5, 5.41) is 0. The van der Waals surface area contributed by atoms with Gasteiger partial charge in [0.15, 0.2) is 0 Å². The summed E-state index contributed by atoms with van der Waals surface area (Å²) in [7, 11) is 1.92. The van der Waals surface area contributed by atoms with Gasteiger partial charge in [-0.05, 0) is 44.5 Å². The molecule has 2 N–H and O–H groups in total. The number of nitrogens with two attached hydrogens (primary N) is 1. The molecule has 1 aliphatic heterocycles. The predicted octanol–water partition coefficient (Wildman–Crippen LogP) is 1.24. The third-order valence-corrected chi connectivity index (χ3v) is 4.27. The number of carbonyl (C=O) groups is 2. The number of piperidine rings is 1. The molecule has 2 rings (SSSR count). The highest BCUT2D eigenvalue weighted by atomic mass is 16.5. The fraction of sp³-hybridized carbons (Fsp3) is 0.556. The van der Waals surface area contributed by atoms with E-state index in [1.807, 2.05) is 43.1 Å². The van der Waals surface area contributed by atoms with Crippen LogP contribution in [0, 0.1) is 5.92 Å². The summed E-state index contributed by atoms with van der Waals surface area (Å²) >= 11 is 0. The number of hydrogen-bond donors (Lipinski definition) is 1. The van der Waals surface area contributed by atoms with Crippen molar-refractivity contribution in [2.24, 2.45) is 11.7 Å². The van der Waals surface area contributed by atoms with Crippen LogP contribution in [0.25, 0.3) is 0 Å². The Morgan fingerprint density at radius 1 is 1.33 bits per heavy atom. The fourth-order valence-corrected chi connectivity index (χ4v) is 2.99. The van der Waals surface area contributed by atoms with Crippen LogP contribution in [0.1, 0.15) is 25.3 Å². The monoisotopic (exact) mass is 333 g/mol. The van der Waals surface area contributed by atoms with E-state index in [4.69, 9.17) is 10.5 Å². The first-order valence-electron chi connectivity index (χ1n) is 8.47. The molecule has 1 unspecified atom stereocenters. The minimum absolute atomic E-state index is 0.0504. The molecule has 0 aromatic heterocycles. The van der Waals surface area contributed by atoms with Crippen LogP contribution in [0.4, 0.5) is 0 Å². The molecule has 2 amide bonds. The second-order valence-corrected chi connectivity index (χ2v) is 6.33. The molecule has 1 heterocycles. The Hall–Kier alpha value is -2.08. The van der Waals surface area contributed by atoms with Crippen molar-refractivity contribution >= 4 is 11.8 Å². The molecule has 132 valence electrons. The molecular formula is C18H27N3O3. The lowest BCUT2D eigenvalue weighted by molar-refractivity contribution is -0.135. The lowest BCUT2D eigenvalue weighted by Gasteiger charge is -2.32. The van der Waals surface area contributed by atoms with Crippen molar-refractivity contribution in [3.05, 3.63) is 29.8 Å². The van der Waals surface area contributed by atoms with Crippen molar-refractivity contribution in [1.82, 2.24) is 9.80 Å². The van der Waals surface area contributed by atoms with Gasteiger partial charge < -0.3 is 15.4 Å². The van der Waals surface area contributed by atoms with E-state index < -0.39 is 0 Å². The molecule has 6 heteroatoms. The van der Waals surface area contributed by atoms with Crippen LogP contribution in [-0.4, -0.2) is 54.9 Å². The van der Waals surface area contributed by atoms with Gasteiger partial charge in [0.05, 0.1) is 19.1 Å². The Balaban J connectivity index is 1.83. The second kappa shape index (κ2) is 8.68. The number of likely N-dealkylation sites (tertiary alicyclic amines) is 1. The quantitative estimate of drug-likeness (QED) is 0.814. The number of rotatable bonds is 7. The topological polar surface area (TPSA) is 75.9 Å². The van der Waals surface area contributed by atoms with Crippen molar-refractivity contribution in [2.75, 3.05) is 33.3 Å². The normalized spacial score (nSPS) is 17.8. The zero-order valence-electron chi connectivity index (χ0n) is 14.5. The molecule has 24 heavy (non-hydrogen) atoms. The number of ether oxygens (including phenoxy) is 1. The number of amides is 2. The van der Waals surface area contributed by atoms with E-state index in [-0.39, 0.29) is 17.7 Å². The van der Waals surface area contributed by atoms with E-state index >= 15 is 0 Å². The first kappa shape index (κ1) is 18.3. The van der Waals surface area contributed by atoms with Crippen LogP contribution < -0.4 is 10.5 Å². The molecule has 1 aliphatic rings. The fourth-order valence-electron chi connectivity index (χ4n) is 2.99. The van der Waals surface area contributed by atoms with E-state index in [1.165, 1.54) is 0 Å². The van der Waals surface area contributed by atoms with Gasteiger partial charge in [0.2, 0.25) is 11.8 Å². The van der Waals surface area contributed by atoms with Crippen LogP contribution in [0.15, 0.2) is 24.3 Å². The van der Waals surface area contributed by atoms with Gasteiger partial charge in [-0.2, -0.15) is 0 Å². The molecule has 1 saturated heterocycles. The number of carbonyl (C=O) groups excluding carboxylic acids is 2. The predicted molar refractivity (Wildman–Crippen MR) is 92.4 cm³/mol. The summed E-state index contributed by atoms with van der Waals surface area (Å²) in [6.45, 7) is 4.78. The number of hydrogen-bond acceptors (Lipinski definition) is 4. The van der Waals surface area contributed by atoms with Crippen LogP contribution in [0.2, 0.25) is 0 Å². The van der Waals surface area contributed by atoms with Gasteiger partial charge >= 0.3 is 0 Å². The molecule has 0 saturated carbocycles. The van der Waals surface area contributed by atoms with E-state index in [1.54, 1.807) is 4.90 Å². The maximum absolute atomic E-state index is 12.4. The minimum Gasteiger partial charge on any atom is -0.494 e. The average molecular weight is 333 g/mol. The van der Waals surface area contributed by atoms with E-state index in [0.29, 0.717) is 32.8 Å². The first-order valence-corrected chi connectivity index (χ1v) is 8.47. The summed E-state index contributed by atoms with van der Waals surface area (Å²) < 4.78 is 5.43. The maximum atomic E-state index is 12.4. The number of nitrogens with zero attached hydrogens (tertiary/aromatic N) is 2. The maximum Gasteiger partial charge on any atom is 0.236 e. The Morgan fingerprint density at radius 2 is 2.04 bits per heavy atom. The third kappa shape index (κ3) is 5.23. The number of primary amides is 1. The zero-order valence-corrected chi connectivity index (χ0v) is 14.5. The SMILES string of the molecule is CCOc1ccc(CN(C)CC(=O)N2CCCC(C(N)=O)C2)cc1. The highest BCUT2D eigenvalue weighted by Crippen LogP contribution is 2.17. The zero-order chi connectivity index (χ0) is 17.5. The molecule has 1 fully saturated rings. The molecular weight excluding hydrogens is 306 g/mol. The summed E-state index contributed by atoms with van der Waals surface area (Å²) in [4.78, 5) is 27.5. The molecule has 0 spiro atoms. The Bertz CT molecular complexity index is 559. The number of benzene rings is 1. The van der Waals surface area contributed by atoms with Crippen LogP contribution >= 0.6 is 0 Å². The molecule has 0 bridgehead atoms. The highest BCUT2D eigenvalue weighted by Gasteiger charge is 2.27. The van der Waals surface area contributed by atoms with Gasteiger partial charge in [0.1, 0.15) is 5.75 Å². The van der Waals surface area contributed by atoms with Crippen molar-refractivity contribution < 1.29 is 14.3 Å². The average Bonchev–Trinajstić information content (AvgIpc) is 2.57. The Labute approximate surface area is 143 Å². The smallest absolute Gasteiger partial charge is 0.236 e. The van der Waals surface area contributed by atoms with Crippen LogP contribution in [0.5, 0.6) is 5.75 Å². The summed E-state index contributed by atoms with van der Waals surface area (Å²) in [5.74, 6) is 0.384.